The van der Waals surface area contributed by atoms with Gasteiger partial charge in [-0.3, -0.25) is 9.52 Å². The average Bonchev–Trinajstić information content (AvgIpc) is 3.36. The third-order valence-electron chi connectivity index (χ3n) is 5.24. The summed E-state index contributed by atoms with van der Waals surface area (Å²) in [5.74, 6) is 1.22. The maximum Gasteiger partial charge on any atom is 0.261 e. The number of amides is 1. The second kappa shape index (κ2) is 11.7. The highest BCUT2D eigenvalue weighted by Gasteiger charge is 2.14. The minimum Gasteiger partial charge on any atom is -0.493 e. The first-order chi connectivity index (χ1) is 17.8. The van der Waals surface area contributed by atoms with E-state index in [-0.39, 0.29) is 16.6 Å². The van der Waals surface area contributed by atoms with E-state index >= 15 is 0 Å². The second-order valence-corrected chi connectivity index (χ2v) is 11.5. The summed E-state index contributed by atoms with van der Waals surface area (Å²) in [7, 11) is -0.518. The molecule has 2 N–H and O–H groups in total. The maximum atomic E-state index is 12.6. The number of thioether (sulfide) groups is 1. The molecule has 3 aromatic carbocycles. The first-order valence-electron chi connectivity index (χ1n) is 11.1. The van der Waals surface area contributed by atoms with Crippen LogP contribution in [0, 0.1) is 6.92 Å². The quantitative estimate of drug-likeness (QED) is 0.243. The van der Waals surface area contributed by atoms with Gasteiger partial charge < -0.3 is 14.8 Å². The smallest absolute Gasteiger partial charge is 0.261 e. The summed E-state index contributed by atoms with van der Waals surface area (Å²) in [5.41, 5.74) is 3.00. The van der Waals surface area contributed by atoms with Gasteiger partial charge in [0.15, 0.2) is 16.6 Å². The number of anilines is 2. The van der Waals surface area contributed by atoms with Crippen molar-refractivity contribution in [2.24, 2.45) is 0 Å². The molecule has 0 aliphatic rings. The van der Waals surface area contributed by atoms with Gasteiger partial charge in [0.05, 0.1) is 30.6 Å². The van der Waals surface area contributed by atoms with Gasteiger partial charge in [-0.2, -0.15) is 0 Å². The van der Waals surface area contributed by atoms with E-state index in [1.165, 1.54) is 23.1 Å². The molecule has 1 aromatic heterocycles. The fourth-order valence-corrected chi connectivity index (χ4v) is 5.81. The van der Waals surface area contributed by atoms with Crippen LogP contribution >= 0.6 is 23.1 Å². The lowest BCUT2D eigenvalue weighted by Gasteiger charge is -2.09. The van der Waals surface area contributed by atoms with Gasteiger partial charge in [-0.1, -0.05) is 17.7 Å². The summed E-state index contributed by atoms with van der Waals surface area (Å²) < 4.78 is 38.3. The van der Waals surface area contributed by atoms with Crippen LogP contribution in [0.1, 0.15) is 5.56 Å². The van der Waals surface area contributed by atoms with Gasteiger partial charge in [-0.15, -0.1) is 23.1 Å². The minimum atomic E-state index is -3.67. The van der Waals surface area contributed by atoms with E-state index in [4.69, 9.17) is 9.47 Å². The maximum absolute atomic E-state index is 12.6. The third-order valence-corrected chi connectivity index (χ3v) is 8.40. The van der Waals surface area contributed by atoms with Gasteiger partial charge >= 0.3 is 0 Å². The predicted octanol–water partition coefficient (Wildman–Crippen LogP) is 5.67. The zero-order valence-corrected chi connectivity index (χ0v) is 22.8. The zero-order valence-electron chi connectivity index (χ0n) is 20.3. The first-order valence-corrected chi connectivity index (χ1v) is 14.4. The van der Waals surface area contributed by atoms with Crippen LogP contribution in [0.25, 0.3) is 11.3 Å². The van der Waals surface area contributed by atoms with Crippen molar-refractivity contribution in [3.63, 3.8) is 0 Å². The van der Waals surface area contributed by atoms with Crippen LogP contribution < -0.4 is 19.5 Å². The Morgan fingerprint density at radius 3 is 2.35 bits per heavy atom. The highest BCUT2D eigenvalue weighted by atomic mass is 32.2. The third kappa shape index (κ3) is 6.82. The topological polar surface area (TPSA) is 107 Å². The SMILES string of the molecule is COc1ccc(-c2csc(NC(=O)CSc3ccc(NS(=O)(=O)c4ccc(C)cc4)cc3)n2)cc1OC. The predicted molar refractivity (Wildman–Crippen MR) is 148 cm³/mol. The Bertz CT molecular complexity index is 1480. The minimum absolute atomic E-state index is 0.180. The molecule has 8 nitrogen and oxygen atoms in total. The van der Waals surface area contributed by atoms with Crippen LogP contribution in [0.15, 0.2) is 81.9 Å². The number of rotatable bonds is 10. The summed E-state index contributed by atoms with van der Waals surface area (Å²) in [6, 6.07) is 19.0. The number of methoxy groups -OCH3 is 2. The molecule has 0 saturated carbocycles. The number of thiazole rings is 1. The monoisotopic (exact) mass is 555 g/mol. The van der Waals surface area contributed by atoms with Crippen LogP contribution in [0.5, 0.6) is 11.5 Å². The summed E-state index contributed by atoms with van der Waals surface area (Å²) in [4.78, 5) is 18.0. The molecule has 1 heterocycles. The molecule has 0 saturated heterocycles. The van der Waals surface area contributed by atoms with Crippen LogP contribution in [0.4, 0.5) is 10.8 Å². The van der Waals surface area contributed by atoms with Crippen molar-refractivity contribution in [2.45, 2.75) is 16.7 Å². The largest absolute Gasteiger partial charge is 0.493 e. The number of aromatic nitrogens is 1. The number of hydrogen-bond donors (Lipinski definition) is 2. The normalized spacial score (nSPS) is 11.1. The number of hydrogen-bond acceptors (Lipinski definition) is 8. The summed E-state index contributed by atoms with van der Waals surface area (Å²) in [6.07, 6.45) is 0. The van der Waals surface area contributed by atoms with Gasteiger partial charge in [-0.25, -0.2) is 13.4 Å². The Hall–Kier alpha value is -3.54. The molecule has 0 atom stereocenters. The Morgan fingerprint density at radius 1 is 0.973 bits per heavy atom. The highest BCUT2D eigenvalue weighted by Crippen LogP contribution is 2.33. The lowest BCUT2D eigenvalue weighted by Crippen LogP contribution is -2.14. The summed E-state index contributed by atoms with van der Waals surface area (Å²) >= 11 is 2.68. The van der Waals surface area contributed by atoms with Crippen molar-refractivity contribution in [3.8, 4) is 22.8 Å². The molecule has 0 bridgehead atoms. The number of sulfonamides is 1. The van der Waals surface area contributed by atoms with E-state index in [0.29, 0.717) is 22.3 Å². The lowest BCUT2D eigenvalue weighted by atomic mass is 10.1. The van der Waals surface area contributed by atoms with E-state index in [1.807, 2.05) is 24.4 Å². The first kappa shape index (κ1) is 26.5. The van der Waals surface area contributed by atoms with Crippen LogP contribution in [-0.4, -0.2) is 39.3 Å². The van der Waals surface area contributed by atoms with E-state index in [9.17, 15) is 13.2 Å². The molecule has 4 aromatic rings. The van der Waals surface area contributed by atoms with Crippen molar-refractivity contribution in [1.82, 2.24) is 4.98 Å². The molecule has 0 radical (unpaired) electrons. The van der Waals surface area contributed by atoms with Crippen molar-refractivity contribution in [2.75, 3.05) is 30.0 Å². The number of nitrogens with zero attached hydrogens (tertiary/aromatic N) is 1. The standard InChI is InChI=1S/C26H25N3O5S3/c1-17-4-11-21(12-5-17)37(31,32)29-19-7-9-20(10-8-19)35-16-25(30)28-26-27-22(15-36-26)18-6-13-23(33-2)24(14-18)34-3/h4-15,29H,16H2,1-3H3,(H,27,28,30). The zero-order chi connectivity index (χ0) is 26.4. The lowest BCUT2D eigenvalue weighted by molar-refractivity contribution is -0.113. The number of carbonyl (C=O) groups is 1. The summed E-state index contributed by atoms with van der Waals surface area (Å²) in [6.45, 7) is 1.90. The molecule has 1 amide bonds. The van der Waals surface area contributed by atoms with E-state index in [1.54, 1.807) is 68.8 Å². The Kier molecular flexibility index (Phi) is 8.37. The molecule has 192 valence electrons. The number of ether oxygens (including phenoxy) is 2. The van der Waals surface area contributed by atoms with Gasteiger partial charge in [0.1, 0.15) is 0 Å². The van der Waals surface area contributed by atoms with Crippen LogP contribution in [-0.2, 0) is 14.8 Å². The number of nitrogens with one attached hydrogen (secondary N) is 2. The Balaban J connectivity index is 1.31. The van der Waals surface area contributed by atoms with E-state index < -0.39 is 10.0 Å². The number of carbonyl (C=O) groups excluding carboxylic acids is 1. The van der Waals surface area contributed by atoms with E-state index in [0.717, 1.165) is 21.7 Å². The van der Waals surface area contributed by atoms with Gasteiger partial charge in [0, 0.05) is 21.5 Å². The Morgan fingerprint density at radius 2 is 1.68 bits per heavy atom. The fraction of sp³-hybridized carbons (Fsp3) is 0.154. The van der Waals surface area contributed by atoms with Gasteiger partial charge in [-0.05, 0) is 61.5 Å². The molecule has 0 aliphatic carbocycles. The molecule has 4 rings (SSSR count). The molecule has 0 aliphatic heterocycles. The molecule has 0 fully saturated rings. The van der Waals surface area contributed by atoms with Gasteiger partial charge in [0.25, 0.3) is 10.0 Å². The Labute approximate surface area is 224 Å². The van der Waals surface area contributed by atoms with Gasteiger partial charge in [0.2, 0.25) is 5.91 Å². The summed E-state index contributed by atoms with van der Waals surface area (Å²) in [5, 5.41) is 5.18. The van der Waals surface area contributed by atoms with Crippen LogP contribution in [0.2, 0.25) is 0 Å². The van der Waals surface area contributed by atoms with Crippen molar-refractivity contribution in [3.05, 3.63) is 77.7 Å². The molecular formula is C26H25N3O5S3. The molecule has 37 heavy (non-hydrogen) atoms. The molecule has 0 spiro atoms. The fourth-order valence-electron chi connectivity index (χ4n) is 3.31. The van der Waals surface area contributed by atoms with E-state index in [2.05, 4.69) is 15.0 Å². The molecule has 0 unspecified atom stereocenters. The van der Waals surface area contributed by atoms with Crippen molar-refractivity contribution < 1.29 is 22.7 Å². The average molecular weight is 556 g/mol. The van der Waals surface area contributed by atoms with Crippen LogP contribution in [0.3, 0.4) is 0 Å². The molecule has 11 heteroatoms. The second-order valence-electron chi connectivity index (χ2n) is 7.89. The van der Waals surface area contributed by atoms with Crippen molar-refractivity contribution >= 4 is 49.8 Å². The number of aryl methyl sites for hydroxylation is 1. The highest BCUT2D eigenvalue weighted by molar-refractivity contribution is 8.00. The number of benzene rings is 3. The molecular weight excluding hydrogens is 531 g/mol. The van der Waals surface area contributed by atoms with Crippen molar-refractivity contribution in [1.29, 1.82) is 0 Å².